The Bertz CT molecular complexity index is 952. The maximum absolute atomic E-state index is 12.9. The number of carbonyl (C=O) groups is 1. The highest BCUT2D eigenvalue weighted by Crippen LogP contribution is 2.27. The zero-order valence-corrected chi connectivity index (χ0v) is 16.7. The van der Waals surface area contributed by atoms with E-state index in [2.05, 4.69) is 41.4 Å². The molecule has 0 saturated carbocycles. The van der Waals surface area contributed by atoms with Crippen LogP contribution in [0.25, 0.3) is 11.0 Å². The van der Waals surface area contributed by atoms with Gasteiger partial charge in [0.15, 0.2) is 5.76 Å². The minimum Gasteiger partial charge on any atom is -0.451 e. The first-order chi connectivity index (χ1) is 13.6. The normalized spacial score (nSPS) is 16.2. The molecule has 2 aromatic carbocycles. The van der Waals surface area contributed by atoms with Crippen LogP contribution >= 0.6 is 0 Å². The van der Waals surface area contributed by atoms with Crippen molar-refractivity contribution in [2.45, 2.75) is 39.2 Å². The molecule has 1 saturated heterocycles. The molecule has 2 heterocycles. The van der Waals surface area contributed by atoms with Crippen LogP contribution in [0.5, 0.6) is 0 Å². The summed E-state index contributed by atoms with van der Waals surface area (Å²) in [4.78, 5) is 15.4. The fourth-order valence-corrected chi connectivity index (χ4v) is 4.14. The van der Waals surface area contributed by atoms with Gasteiger partial charge in [-0.3, -0.25) is 9.69 Å². The van der Waals surface area contributed by atoms with Crippen LogP contribution in [0.2, 0.25) is 0 Å². The Morgan fingerprint density at radius 2 is 1.75 bits per heavy atom. The van der Waals surface area contributed by atoms with E-state index in [0.29, 0.717) is 12.3 Å². The molecule has 0 unspecified atom stereocenters. The molecule has 146 valence electrons. The minimum absolute atomic E-state index is 0.136. The van der Waals surface area contributed by atoms with E-state index in [-0.39, 0.29) is 11.9 Å². The summed E-state index contributed by atoms with van der Waals surface area (Å²) in [5.74, 6) is 0.283. The average Bonchev–Trinajstić information content (AvgIpc) is 3.07. The number of piperidine rings is 1. The predicted molar refractivity (Wildman–Crippen MR) is 113 cm³/mol. The summed E-state index contributed by atoms with van der Waals surface area (Å²) < 4.78 is 5.83. The van der Waals surface area contributed by atoms with Crippen LogP contribution < -0.4 is 5.32 Å². The molecule has 0 aliphatic carbocycles. The van der Waals surface area contributed by atoms with E-state index in [0.717, 1.165) is 29.6 Å². The molecular formula is C24H28N2O2. The Morgan fingerprint density at radius 3 is 2.46 bits per heavy atom. The second-order valence-electron chi connectivity index (χ2n) is 7.79. The number of rotatable bonds is 5. The van der Waals surface area contributed by atoms with Crippen LogP contribution in [-0.4, -0.2) is 30.4 Å². The smallest absolute Gasteiger partial charge is 0.287 e. The standard InChI is InChI=1S/C24H28N2O2/c1-17-10-12-19(13-11-17)21(26-14-6-3-7-15-26)16-25-24(27)23-18(2)20-8-4-5-9-22(20)28-23/h4-5,8-13,21H,3,6-7,14-16H2,1-2H3,(H,25,27)/t21-/m0/s1. The Balaban J connectivity index is 1.53. The van der Waals surface area contributed by atoms with Crippen LogP contribution in [0, 0.1) is 13.8 Å². The topological polar surface area (TPSA) is 45.5 Å². The molecule has 1 aliphatic heterocycles. The molecule has 3 aromatic rings. The quantitative estimate of drug-likeness (QED) is 0.681. The van der Waals surface area contributed by atoms with Crippen LogP contribution in [0.1, 0.15) is 52.5 Å². The summed E-state index contributed by atoms with van der Waals surface area (Å²) in [6.45, 7) is 6.79. The number of fused-ring (bicyclic) bond motifs is 1. The van der Waals surface area contributed by atoms with Gasteiger partial charge in [0.1, 0.15) is 5.58 Å². The number of nitrogens with zero attached hydrogens (tertiary/aromatic N) is 1. The Hall–Kier alpha value is -2.59. The fourth-order valence-electron chi connectivity index (χ4n) is 4.14. The lowest BCUT2D eigenvalue weighted by molar-refractivity contribution is 0.0898. The number of aryl methyl sites for hydroxylation is 2. The fraction of sp³-hybridized carbons (Fsp3) is 0.375. The summed E-state index contributed by atoms with van der Waals surface area (Å²) in [5.41, 5.74) is 4.17. The molecule has 1 N–H and O–H groups in total. The Labute approximate surface area is 166 Å². The Morgan fingerprint density at radius 1 is 1.04 bits per heavy atom. The zero-order chi connectivity index (χ0) is 19.5. The SMILES string of the molecule is Cc1ccc([C@H](CNC(=O)c2oc3ccccc3c2C)N2CCCCC2)cc1. The van der Waals surface area contributed by atoms with Crippen molar-refractivity contribution in [3.8, 4) is 0 Å². The maximum Gasteiger partial charge on any atom is 0.287 e. The number of likely N-dealkylation sites (tertiary alicyclic amines) is 1. The third kappa shape index (κ3) is 3.83. The van der Waals surface area contributed by atoms with Crippen LogP contribution in [0.15, 0.2) is 52.9 Å². The van der Waals surface area contributed by atoms with Crippen molar-refractivity contribution >= 4 is 16.9 Å². The third-order valence-electron chi connectivity index (χ3n) is 5.80. The van der Waals surface area contributed by atoms with Crippen molar-refractivity contribution in [3.05, 3.63) is 71.0 Å². The molecule has 4 nitrogen and oxygen atoms in total. The van der Waals surface area contributed by atoms with E-state index in [1.54, 1.807) is 0 Å². The summed E-state index contributed by atoms with van der Waals surface area (Å²) in [6, 6.07) is 16.7. The van der Waals surface area contributed by atoms with Gasteiger partial charge in [-0.15, -0.1) is 0 Å². The van der Waals surface area contributed by atoms with Crippen LogP contribution in [-0.2, 0) is 0 Å². The molecule has 0 spiro atoms. The van der Waals surface area contributed by atoms with Crippen LogP contribution in [0.3, 0.4) is 0 Å². The monoisotopic (exact) mass is 376 g/mol. The lowest BCUT2D eigenvalue weighted by Crippen LogP contribution is -2.40. The third-order valence-corrected chi connectivity index (χ3v) is 5.80. The highest BCUT2D eigenvalue weighted by Gasteiger charge is 2.24. The first kappa shape index (κ1) is 18.8. The molecule has 28 heavy (non-hydrogen) atoms. The number of para-hydroxylation sites is 1. The zero-order valence-electron chi connectivity index (χ0n) is 16.7. The van der Waals surface area contributed by atoms with Crippen molar-refractivity contribution in [1.29, 1.82) is 0 Å². The van der Waals surface area contributed by atoms with Gasteiger partial charge in [-0.25, -0.2) is 0 Å². The molecule has 1 aliphatic rings. The highest BCUT2D eigenvalue weighted by atomic mass is 16.3. The van der Waals surface area contributed by atoms with E-state index in [4.69, 9.17) is 4.42 Å². The van der Waals surface area contributed by atoms with Gasteiger partial charge in [0.2, 0.25) is 0 Å². The molecule has 0 bridgehead atoms. The van der Waals surface area contributed by atoms with Gasteiger partial charge in [-0.1, -0.05) is 54.4 Å². The van der Waals surface area contributed by atoms with Gasteiger partial charge in [-0.2, -0.15) is 0 Å². The summed E-state index contributed by atoms with van der Waals surface area (Å²) in [5, 5.41) is 4.14. The molecule has 4 rings (SSSR count). The maximum atomic E-state index is 12.9. The lowest BCUT2D eigenvalue weighted by atomic mass is 10.0. The van der Waals surface area contributed by atoms with E-state index in [1.165, 1.54) is 30.4 Å². The summed E-state index contributed by atoms with van der Waals surface area (Å²) >= 11 is 0. The van der Waals surface area contributed by atoms with Gasteiger partial charge in [0.05, 0.1) is 6.04 Å². The number of hydrogen-bond donors (Lipinski definition) is 1. The summed E-state index contributed by atoms with van der Waals surface area (Å²) in [6.07, 6.45) is 3.74. The second-order valence-corrected chi connectivity index (χ2v) is 7.79. The van der Waals surface area contributed by atoms with E-state index in [9.17, 15) is 4.79 Å². The number of hydrogen-bond acceptors (Lipinski definition) is 3. The Kier molecular flexibility index (Phi) is 5.49. The van der Waals surface area contributed by atoms with E-state index < -0.39 is 0 Å². The number of carbonyl (C=O) groups excluding carboxylic acids is 1. The van der Waals surface area contributed by atoms with Crippen molar-refractivity contribution < 1.29 is 9.21 Å². The van der Waals surface area contributed by atoms with Crippen molar-refractivity contribution in [3.63, 3.8) is 0 Å². The average molecular weight is 377 g/mol. The first-order valence-electron chi connectivity index (χ1n) is 10.2. The molecule has 1 aromatic heterocycles. The largest absolute Gasteiger partial charge is 0.451 e. The lowest BCUT2D eigenvalue weighted by Gasteiger charge is -2.35. The summed E-state index contributed by atoms with van der Waals surface area (Å²) in [7, 11) is 0. The number of furan rings is 1. The van der Waals surface area contributed by atoms with Crippen molar-refractivity contribution in [2.75, 3.05) is 19.6 Å². The minimum atomic E-state index is -0.136. The molecule has 1 fully saturated rings. The predicted octanol–water partition coefficient (Wildman–Crippen LogP) is 5.01. The van der Waals surface area contributed by atoms with Crippen molar-refractivity contribution in [1.82, 2.24) is 10.2 Å². The van der Waals surface area contributed by atoms with Gasteiger partial charge < -0.3 is 9.73 Å². The number of nitrogens with one attached hydrogen (secondary N) is 1. The second kappa shape index (κ2) is 8.19. The van der Waals surface area contributed by atoms with Gasteiger partial charge in [-0.05, 0) is 51.4 Å². The number of benzene rings is 2. The molecule has 1 atom stereocenters. The van der Waals surface area contributed by atoms with Crippen molar-refractivity contribution in [2.24, 2.45) is 0 Å². The number of amides is 1. The van der Waals surface area contributed by atoms with Gasteiger partial charge in [0.25, 0.3) is 5.91 Å². The van der Waals surface area contributed by atoms with Gasteiger partial charge in [0, 0.05) is 17.5 Å². The molecular weight excluding hydrogens is 348 g/mol. The molecule has 1 amide bonds. The highest BCUT2D eigenvalue weighted by molar-refractivity contribution is 5.98. The molecule has 0 radical (unpaired) electrons. The first-order valence-corrected chi connectivity index (χ1v) is 10.2. The van der Waals surface area contributed by atoms with E-state index >= 15 is 0 Å². The van der Waals surface area contributed by atoms with E-state index in [1.807, 2.05) is 31.2 Å². The molecule has 4 heteroatoms. The van der Waals surface area contributed by atoms with Gasteiger partial charge >= 0.3 is 0 Å². The van der Waals surface area contributed by atoms with Crippen LogP contribution in [0.4, 0.5) is 0 Å².